The molecule has 1 N–H and O–H groups in total. The molecule has 0 saturated heterocycles. The van der Waals surface area contributed by atoms with Crippen LogP contribution in [-0.4, -0.2) is 57.9 Å². The van der Waals surface area contributed by atoms with Crippen LogP contribution in [0.4, 0.5) is 0 Å². The summed E-state index contributed by atoms with van der Waals surface area (Å²) < 4.78 is 20.8. The number of amides is 1. The smallest absolute Gasteiger partial charge is 0.328 e. The standard InChI is InChI=1S/C17H25NO6S/c1-6-24-17(20)12(7-8-25-5)18-16(19)11-9-13(21-2)15(23-4)14(10-11)22-3/h9-10,12H,6-8H2,1-5H3,(H,18,19)/t12-/m0/s1. The summed E-state index contributed by atoms with van der Waals surface area (Å²) in [5, 5.41) is 2.71. The predicted octanol–water partition coefficient (Wildman–Crippen LogP) is 2.13. The molecule has 0 aliphatic carbocycles. The maximum atomic E-state index is 12.6. The number of benzene rings is 1. The number of carbonyl (C=O) groups is 2. The summed E-state index contributed by atoms with van der Waals surface area (Å²) in [5.41, 5.74) is 0.299. The molecular formula is C17H25NO6S. The number of nitrogens with one attached hydrogen (secondary N) is 1. The van der Waals surface area contributed by atoms with Crippen molar-refractivity contribution in [1.82, 2.24) is 5.32 Å². The van der Waals surface area contributed by atoms with Crippen molar-refractivity contribution < 1.29 is 28.5 Å². The number of rotatable bonds is 10. The Hall–Kier alpha value is -2.09. The number of methoxy groups -OCH3 is 3. The summed E-state index contributed by atoms with van der Waals surface area (Å²) in [7, 11) is 4.43. The van der Waals surface area contributed by atoms with Gasteiger partial charge < -0.3 is 24.3 Å². The van der Waals surface area contributed by atoms with Crippen molar-refractivity contribution >= 4 is 23.6 Å². The first-order chi connectivity index (χ1) is 12.0. The maximum absolute atomic E-state index is 12.6. The van der Waals surface area contributed by atoms with Crippen LogP contribution in [0.25, 0.3) is 0 Å². The summed E-state index contributed by atoms with van der Waals surface area (Å²) >= 11 is 1.59. The first kappa shape index (κ1) is 21.0. The van der Waals surface area contributed by atoms with E-state index in [1.54, 1.807) is 18.7 Å². The molecule has 0 aliphatic heterocycles. The second kappa shape index (κ2) is 10.7. The van der Waals surface area contributed by atoms with Gasteiger partial charge in [-0.1, -0.05) is 0 Å². The van der Waals surface area contributed by atoms with E-state index in [-0.39, 0.29) is 6.61 Å². The molecule has 0 saturated carbocycles. The Morgan fingerprint density at radius 2 is 1.72 bits per heavy atom. The molecule has 1 amide bonds. The van der Waals surface area contributed by atoms with Gasteiger partial charge in [0.2, 0.25) is 5.75 Å². The number of carbonyl (C=O) groups excluding carboxylic acids is 2. The fraction of sp³-hybridized carbons (Fsp3) is 0.529. The molecule has 140 valence electrons. The Kier molecular flexibility index (Phi) is 8.98. The van der Waals surface area contributed by atoms with Crippen molar-refractivity contribution in [2.24, 2.45) is 0 Å². The molecule has 0 radical (unpaired) electrons. The molecule has 0 unspecified atom stereocenters. The SMILES string of the molecule is CCOC(=O)[C@H](CCSC)NC(=O)c1cc(OC)c(OC)c(OC)c1. The summed E-state index contributed by atoms with van der Waals surface area (Å²) in [5.74, 6) is 0.980. The lowest BCUT2D eigenvalue weighted by Gasteiger charge is -2.18. The van der Waals surface area contributed by atoms with Crippen molar-refractivity contribution in [1.29, 1.82) is 0 Å². The summed E-state index contributed by atoms with van der Waals surface area (Å²) in [4.78, 5) is 24.6. The molecule has 25 heavy (non-hydrogen) atoms. The van der Waals surface area contributed by atoms with E-state index >= 15 is 0 Å². The average molecular weight is 371 g/mol. The largest absolute Gasteiger partial charge is 0.493 e. The van der Waals surface area contributed by atoms with Gasteiger partial charge in [0.05, 0.1) is 27.9 Å². The maximum Gasteiger partial charge on any atom is 0.328 e. The molecular weight excluding hydrogens is 346 g/mol. The average Bonchev–Trinajstić information content (AvgIpc) is 2.63. The van der Waals surface area contributed by atoms with Gasteiger partial charge in [-0.2, -0.15) is 11.8 Å². The molecule has 8 heteroatoms. The lowest BCUT2D eigenvalue weighted by molar-refractivity contribution is -0.145. The van der Waals surface area contributed by atoms with Crippen molar-refractivity contribution in [3.63, 3.8) is 0 Å². The van der Waals surface area contributed by atoms with Crippen LogP contribution >= 0.6 is 11.8 Å². The number of esters is 1. The van der Waals surface area contributed by atoms with E-state index in [2.05, 4.69) is 5.32 Å². The van der Waals surface area contributed by atoms with Gasteiger partial charge in [0, 0.05) is 5.56 Å². The van der Waals surface area contributed by atoms with Crippen LogP contribution < -0.4 is 19.5 Å². The van der Waals surface area contributed by atoms with Gasteiger partial charge in [-0.05, 0) is 37.5 Å². The molecule has 0 aromatic heterocycles. The number of hydrogen-bond acceptors (Lipinski definition) is 7. The number of ether oxygens (including phenoxy) is 4. The van der Waals surface area contributed by atoms with Crippen LogP contribution in [0.5, 0.6) is 17.2 Å². The van der Waals surface area contributed by atoms with E-state index in [9.17, 15) is 9.59 Å². The third-order valence-corrected chi connectivity index (χ3v) is 4.06. The Morgan fingerprint density at radius 1 is 1.12 bits per heavy atom. The van der Waals surface area contributed by atoms with Gasteiger partial charge in [0.15, 0.2) is 11.5 Å². The predicted molar refractivity (Wildman–Crippen MR) is 97.0 cm³/mol. The van der Waals surface area contributed by atoms with Crippen LogP contribution in [0.2, 0.25) is 0 Å². The van der Waals surface area contributed by atoms with Crippen LogP contribution in [0.15, 0.2) is 12.1 Å². The molecule has 0 bridgehead atoms. The van der Waals surface area contributed by atoms with Gasteiger partial charge in [-0.3, -0.25) is 4.79 Å². The van der Waals surface area contributed by atoms with E-state index in [1.807, 2.05) is 6.26 Å². The Morgan fingerprint density at radius 3 is 2.16 bits per heavy atom. The molecule has 1 aromatic carbocycles. The zero-order valence-electron chi connectivity index (χ0n) is 15.2. The topological polar surface area (TPSA) is 83.1 Å². The molecule has 1 rings (SSSR count). The normalized spacial score (nSPS) is 11.4. The third-order valence-electron chi connectivity index (χ3n) is 3.41. The minimum Gasteiger partial charge on any atom is -0.493 e. The molecule has 0 fully saturated rings. The highest BCUT2D eigenvalue weighted by Crippen LogP contribution is 2.38. The number of thioether (sulfide) groups is 1. The summed E-state index contributed by atoms with van der Waals surface area (Å²) in [6.07, 6.45) is 2.42. The zero-order valence-corrected chi connectivity index (χ0v) is 16.0. The van der Waals surface area contributed by atoms with E-state index in [1.165, 1.54) is 33.5 Å². The van der Waals surface area contributed by atoms with Crippen molar-refractivity contribution in [2.45, 2.75) is 19.4 Å². The van der Waals surface area contributed by atoms with Crippen LogP contribution in [-0.2, 0) is 9.53 Å². The van der Waals surface area contributed by atoms with E-state index < -0.39 is 17.9 Å². The number of hydrogen-bond donors (Lipinski definition) is 1. The van der Waals surface area contributed by atoms with Crippen LogP contribution in [0, 0.1) is 0 Å². The van der Waals surface area contributed by atoms with Gasteiger partial charge in [0.25, 0.3) is 5.91 Å². The summed E-state index contributed by atoms with van der Waals surface area (Å²) in [6.45, 7) is 1.99. The third kappa shape index (κ3) is 5.74. The minimum atomic E-state index is -0.709. The lowest BCUT2D eigenvalue weighted by atomic mass is 10.1. The Labute approximate surface area is 152 Å². The molecule has 0 heterocycles. The summed E-state index contributed by atoms with van der Waals surface area (Å²) in [6, 6.07) is 2.36. The first-order valence-electron chi connectivity index (χ1n) is 7.78. The molecule has 7 nitrogen and oxygen atoms in total. The molecule has 1 aromatic rings. The zero-order chi connectivity index (χ0) is 18.8. The van der Waals surface area contributed by atoms with E-state index in [0.29, 0.717) is 29.2 Å². The van der Waals surface area contributed by atoms with Crippen molar-refractivity contribution in [2.75, 3.05) is 39.9 Å². The van der Waals surface area contributed by atoms with Gasteiger partial charge >= 0.3 is 5.97 Å². The van der Waals surface area contributed by atoms with Crippen LogP contribution in [0.3, 0.4) is 0 Å². The van der Waals surface area contributed by atoms with Crippen LogP contribution in [0.1, 0.15) is 23.7 Å². The van der Waals surface area contributed by atoms with Gasteiger partial charge in [-0.25, -0.2) is 4.79 Å². The second-order valence-electron chi connectivity index (χ2n) is 4.97. The first-order valence-corrected chi connectivity index (χ1v) is 9.18. The highest BCUT2D eigenvalue weighted by Gasteiger charge is 2.24. The highest BCUT2D eigenvalue weighted by atomic mass is 32.2. The highest BCUT2D eigenvalue weighted by molar-refractivity contribution is 7.98. The Balaban J connectivity index is 3.05. The fourth-order valence-electron chi connectivity index (χ4n) is 2.18. The van der Waals surface area contributed by atoms with Gasteiger partial charge in [0.1, 0.15) is 6.04 Å². The van der Waals surface area contributed by atoms with Gasteiger partial charge in [-0.15, -0.1) is 0 Å². The second-order valence-corrected chi connectivity index (χ2v) is 5.96. The van der Waals surface area contributed by atoms with E-state index in [0.717, 1.165) is 5.75 Å². The monoisotopic (exact) mass is 371 g/mol. The molecule has 1 atom stereocenters. The quantitative estimate of drug-likeness (QED) is 0.631. The van der Waals surface area contributed by atoms with Crippen molar-refractivity contribution in [3.8, 4) is 17.2 Å². The van der Waals surface area contributed by atoms with Crippen molar-refractivity contribution in [3.05, 3.63) is 17.7 Å². The fourth-order valence-corrected chi connectivity index (χ4v) is 2.65. The molecule has 0 aliphatic rings. The Bertz CT molecular complexity index is 567. The van der Waals surface area contributed by atoms with E-state index in [4.69, 9.17) is 18.9 Å². The lowest BCUT2D eigenvalue weighted by Crippen LogP contribution is -2.42. The molecule has 0 spiro atoms. The minimum absolute atomic E-state index is 0.259.